The molecule has 0 aliphatic rings. The van der Waals surface area contributed by atoms with E-state index in [1.165, 1.54) is 16.9 Å². The Morgan fingerprint density at radius 1 is 1.04 bits per heavy atom. The van der Waals surface area contributed by atoms with Crippen molar-refractivity contribution in [1.29, 1.82) is 0 Å². The molecule has 0 aliphatic carbocycles. The number of H-pyrrole nitrogens is 1. The number of fused-ring (bicyclic) bond motifs is 1. The van der Waals surface area contributed by atoms with E-state index in [2.05, 4.69) is 57.4 Å². The molecule has 2 aromatic carbocycles. The minimum Gasteiger partial charge on any atom is -0.361 e. The van der Waals surface area contributed by atoms with Crippen LogP contribution >= 0.6 is 11.3 Å². The van der Waals surface area contributed by atoms with Crippen LogP contribution in [0.25, 0.3) is 21.5 Å². The van der Waals surface area contributed by atoms with Gasteiger partial charge in [-0.2, -0.15) is 0 Å². The van der Waals surface area contributed by atoms with Crippen molar-refractivity contribution in [2.45, 2.75) is 6.92 Å². The molecule has 0 fully saturated rings. The van der Waals surface area contributed by atoms with Crippen LogP contribution in [0, 0.1) is 6.92 Å². The molecule has 4 aromatic rings. The smallest absolute Gasteiger partial charge is 0.231 e. The second kappa shape index (κ2) is 5.78. The number of hydrogen-bond donors (Lipinski definition) is 1. The lowest BCUT2D eigenvalue weighted by Gasteiger charge is -1.94. The maximum atomic E-state index is 4.46. The zero-order valence-corrected chi connectivity index (χ0v) is 13.3. The third-order valence-corrected chi connectivity index (χ3v) is 4.53. The second-order valence-corrected chi connectivity index (χ2v) is 6.26. The lowest BCUT2D eigenvalue weighted by atomic mass is 10.2. The van der Waals surface area contributed by atoms with Gasteiger partial charge in [-0.15, -0.1) is 10.2 Å². The molecule has 0 atom stereocenters. The van der Waals surface area contributed by atoms with Crippen LogP contribution in [0.1, 0.15) is 11.1 Å². The van der Waals surface area contributed by atoms with Crippen molar-refractivity contribution in [2.75, 3.05) is 0 Å². The molecule has 0 radical (unpaired) electrons. The standard InChI is InChI=1S/C18H14N4S/c1-12-6-8-13(9-7-12)17-21-22-18(23-17)20-11-14-10-19-16-5-3-2-4-15(14)16/h2-11,19H,1H3/b20-11+. The number of benzene rings is 2. The first-order valence-corrected chi connectivity index (χ1v) is 8.12. The molecule has 1 N–H and O–H groups in total. The van der Waals surface area contributed by atoms with Crippen LogP contribution in [0.15, 0.2) is 59.7 Å². The third-order valence-electron chi connectivity index (χ3n) is 3.65. The summed E-state index contributed by atoms with van der Waals surface area (Å²) in [6, 6.07) is 16.4. The predicted octanol–water partition coefficient (Wildman–Crippen LogP) is 4.75. The van der Waals surface area contributed by atoms with E-state index in [9.17, 15) is 0 Å². The molecule has 4 rings (SSSR count). The summed E-state index contributed by atoms with van der Waals surface area (Å²) in [4.78, 5) is 7.70. The van der Waals surface area contributed by atoms with E-state index >= 15 is 0 Å². The van der Waals surface area contributed by atoms with Gasteiger partial charge in [-0.05, 0) is 13.0 Å². The molecule has 5 heteroatoms. The fraction of sp³-hybridized carbons (Fsp3) is 0.0556. The number of aromatic amines is 1. The highest BCUT2D eigenvalue weighted by atomic mass is 32.1. The van der Waals surface area contributed by atoms with Gasteiger partial charge in [0.15, 0.2) is 0 Å². The monoisotopic (exact) mass is 318 g/mol. The van der Waals surface area contributed by atoms with Crippen LogP contribution in [0.2, 0.25) is 0 Å². The number of hydrogen-bond acceptors (Lipinski definition) is 4. The average molecular weight is 318 g/mol. The van der Waals surface area contributed by atoms with Crippen LogP contribution in [-0.2, 0) is 0 Å². The van der Waals surface area contributed by atoms with Crippen molar-refractivity contribution in [1.82, 2.24) is 15.2 Å². The van der Waals surface area contributed by atoms with E-state index < -0.39 is 0 Å². The quantitative estimate of drug-likeness (QED) is 0.554. The molecule has 23 heavy (non-hydrogen) atoms. The van der Waals surface area contributed by atoms with E-state index in [0.29, 0.717) is 5.13 Å². The van der Waals surface area contributed by atoms with Crippen molar-refractivity contribution in [2.24, 2.45) is 4.99 Å². The lowest BCUT2D eigenvalue weighted by molar-refractivity contribution is 1.09. The molecule has 112 valence electrons. The van der Waals surface area contributed by atoms with Gasteiger partial charge in [0.1, 0.15) is 5.01 Å². The van der Waals surface area contributed by atoms with Gasteiger partial charge in [0.2, 0.25) is 5.13 Å². The van der Waals surface area contributed by atoms with Crippen molar-refractivity contribution >= 4 is 33.6 Å². The summed E-state index contributed by atoms with van der Waals surface area (Å²) in [5.74, 6) is 0. The highest BCUT2D eigenvalue weighted by Gasteiger charge is 2.06. The summed E-state index contributed by atoms with van der Waals surface area (Å²) < 4.78 is 0. The Bertz CT molecular complexity index is 980. The minimum absolute atomic E-state index is 0.658. The highest BCUT2D eigenvalue weighted by Crippen LogP contribution is 2.28. The van der Waals surface area contributed by atoms with E-state index in [1.54, 1.807) is 0 Å². The molecule has 0 bridgehead atoms. The second-order valence-electron chi connectivity index (χ2n) is 5.30. The van der Waals surface area contributed by atoms with E-state index in [0.717, 1.165) is 27.0 Å². The van der Waals surface area contributed by atoms with Gasteiger partial charge >= 0.3 is 0 Å². The summed E-state index contributed by atoms with van der Waals surface area (Å²) in [5.41, 5.74) is 4.46. The molecule has 0 spiro atoms. The van der Waals surface area contributed by atoms with Gasteiger partial charge in [0.25, 0.3) is 0 Å². The van der Waals surface area contributed by atoms with Gasteiger partial charge in [0, 0.05) is 34.4 Å². The summed E-state index contributed by atoms with van der Waals surface area (Å²) in [6.07, 6.45) is 3.79. The van der Waals surface area contributed by atoms with Gasteiger partial charge in [-0.25, -0.2) is 4.99 Å². The Hall–Kier alpha value is -2.79. The normalized spacial score (nSPS) is 11.5. The zero-order chi connectivity index (χ0) is 15.6. The number of rotatable bonds is 3. The molecule has 0 aliphatic heterocycles. The molecular formula is C18H14N4S. The summed E-state index contributed by atoms with van der Waals surface area (Å²) in [6.45, 7) is 2.07. The van der Waals surface area contributed by atoms with E-state index in [1.807, 2.05) is 30.6 Å². The SMILES string of the molecule is Cc1ccc(-c2nnc(/N=C/c3c[nH]c4ccccc34)s2)cc1. The zero-order valence-electron chi connectivity index (χ0n) is 12.5. The van der Waals surface area contributed by atoms with Crippen LogP contribution in [-0.4, -0.2) is 21.4 Å². The third kappa shape index (κ3) is 2.78. The number of para-hydroxylation sites is 1. The van der Waals surface area contributed by atoms with Gasteiger partial charge in [-0.1, -0.05) is 59.4 Å². The molecule has 0 unspecified atom stereocenters. The van der Waals surface area contributed by atoms with E-state index in [4.69, 9.17) is 0 Å². The molecule has 2 aromatic heterocycles. The molecular weight excluding hydrogens is 304 g/mol. The van der Waals surface area contributed by atoms with Gasteiger partial charge in [-0.3, -0.25) is 0 Å². The number of aryl methyl sites for hydroxylation is 1. The van der Waals surface area contributed by atoms with Gasteiger partial charge in [0.05, 0.1) is 0 Å². The summed E-state index contributed by atoms with van der Waals surface area (Å²) in [5, 5.41) is 11.1. The van der Waals surface area contributed by atoms with Crippen molar-refractivity contribution in [3.63, 3.8) is 0 Å². The largest absolute Gasteiger partial charge is 0.361 e. The average Bonchev–Trinajstić information content (AvgIpc) is 3.20. The summed E-state index contributed by atoms with van der Waals surface area (Å²) in [7, 11) is 0. The van der Waals surface area contributed by atoms with Crippen LogP contribution in [0.3, 0.4) is 0 Å². The number of nitrogens with one attached hydrogen (secondary N) is 1. The predicted molar refractivity (Wildman–Crippen MR) is 95.6 cm³/mol. The van der Waals surface area contributed by atoms with Crippen LogP contribution in [0.4, 0.5) is 5.13 Å². The maximum Gasteiger partial charge on any atom is 0.231 e. The summed E-state index contributed by atoms with van der Waals surface area (Å²) >= 11 is 1.49. The topological polar surface area (TPSA) is 53.9 Å². The van der Waals surface area contributed by atoms with Crippen LogP contribution < -0.4 is 0 Å². The molecule has 0 saturated heterocycles. The Morgan fingerprint density at radius 2 is 1.87 bits per heavy atom. The molecule has 4 nitrogen and oxygen atoms in total. The molecule has 2 heterocycles. The Kier molecular flexibility index (Phi) is 3.48. The molecule has 0 saturated carbocycles. The first-order valence-electron chi connectivity index (χ1n) is 7.30. The lowest BCUT2D eigenvalue weighted by Crippen LogP contribution is -1.77. The number of aromatic nitrogens is 3. The first-order chi connectivity index (χ1) is 11.3. The Balaban J connectivity index is 1.61. The van der Waals surface area contributed by atoms with Crippen LogP contribution in [0.5, 0.6) is 0 Å². The highest BCUT2D eigenvalue weighted by molar-refractivity contribution is 7.18. The van der Waals surface area contributed by atoms with E-state index in [-0.39, 0.29) is 0 Å². The van der Waals surface area contributed by atoms with Gasteiger partial charge < -0.3 is 4.98 Å². The molecule has 0 amide bonds. The minimum atomic E-state index is 0.658. The Morgan fingerprint density at radius 3 is 2.74 bits per heavy atom. The van der Waals surface area contributed by atoms with Crippen molar-refractivity contribution < 1.29 is 0 Å². The van der Waals surface area contributed by atoms with Crippen molar-refractivity contribution in [3.8, 4) is 10.6 Å². The fourth-order valence-corrected chi connectivity index (χ4v) is 3.10. The first kappa shape index (κ1) is 13.8. The fourth-order valence-electron chi connectivity index (χ4n) is 2.41. The number of nitrogens with zero attached hydrogens (tertiary/aromatic N) is 3. The Labute approximate surface area is 137 Å². The van der Waals surface area contributed by atoms with Crippen molar-refractivity contribution in [3.05, 3.63) is 65.9 Å². The maximum absolute atomic E-state index is 4.46. The number of aliphatic imine (C=N–C) groups is 1.